The molecule has 102 valence electrons. The highest BCUT2D eigenvalue weighted by Crippen LogP contribution is 2.25. The first-order chi connectivity index (χ1) is 9.83. The van der Waals surface area contributed by atoms with Crippen molar-refractivity contribution in [1.82, 2.24) is 0 Å². The molecule has 0 aliphatic heterocycles. The molecule has 0 aromatic heterocycles. The molecule has 0 N–H and O–H groups in total. The lowest BCUT2D eigenvalue weighted by atomic mass is 10.1. The van der Waals surface area contributed by atoms with Gasteiger partial charge in [0.15, 0.2) is 0 Å². The van der Waals surface area contributed by atoms with Crippen molar-refractivity contribution in [3.63, 3.8) is 0 Å². The van der Waals surface area contributed by atoms with Crippen molar-refractivity contribution in [2.24, 2.45) is 0 Å². The van der Waals surface area contributed by atoms with Crippen LogP contribution in [0.5, 0.6) is 11.5 Å². The molecular weight excluding hydrogens is 248 g/mol. The van der Waals surface area contributed by atoms with Crippen LogP contribution >= 0.6 is 0 Å². The van der Waals surface area contributed by atoms with Crippen molar-refractivity contribution in [2.45, 2.75) is 0 Å². The number of ether oxygens (including phenoxy) is 2. The second-order valence-corrected chi connectivity index (χ2v) is 4.25. The average Bonchev–Trinajstić information content (AvgIpc) is 2.52. The van der Waals surface area contributed by atoms with Crippen LogP contribution in [0.15, 0.2) is 73.8 Å². The van der Waals surface area contributed by atoms with E-state index >= 15 is 0 Å². The molecule has 2 rings (SSSR count). The van der Waals surface area contributed by atoms with Gasteiger partial charge in [0.25, 0.3) is 0 Å². The molecule has 0 amide bonds. The average molecular weight is 266 g/mol. The molecule has 0 unspecified atom stereocenters. The van der Waals surface area contributed by atoms with Gasteiger partial charge in [-0.3, -0.25) is 0 Å². The smallest absolute Gasteiger partial charge is 0.120 e. The summed E-state index contributed by atoms with van der Waals surface area (Å²) in [4.78, 5) is 0. The molecule has 0 radical (unpaired) electrons. The minimum atomic E-state index is 0.512. The van der Waals surface area contributed by atoms with Crippen LogP contribution in [0.2, 0.25) is 0 Å². The molecular formula is C18H18O2. The quantitative estimate of drug-likeness (QED) is 0.688. The van der Waals surface area contributed by atoms with Crippen LogP contribution in [0.25, 0.3) is 11.1 Å². The number of hydrogen-bond donors (Lipinski definition) is 0. The summed E-state index contributed by atoms with van der Waals surface area (Å²) in [7, 11) is 0. The number of hydrogen-bond acceptors (Lipinski definition) is 2. The van der Waals surface area contributed by atoms with Crippen LogP contribution in [0.1, 0.15) is 0 Å². The van der Waals surface area contributed by atoms with Crippen LogP contribution in [-0.2, 0) is 0 Å². The summed E-state index contributed by atoms with van der Waals surface area (Å²) in [5.74, 6) is 1.68. The Balaban J connectivity index is 2.14. The topological polar surface area (TPSA) is 18.5 Å². The van der Waals surface area contributed by atoms with E-state index in [-0.39, 0.29) is 0 Å². The molecule has 0 atom stereocenters. The minimum Gasteiger partial charge on any atom is -0.490 e. The molecule has 2 nitrogen and oxygen atoms in total. The summed E-state index contributed by atoms with van der Waals surface area (Å²) in [6, 6.07) is 16.0. The Kier molecular flexibility index (Phi) is 5.01. The van der Waals surface area contributed by atoms with Crippen LogP contribution in [-0.4, -0.2) is 13.2 Å². The van der Waals surface area contributed by atoms with Crippen LogP contribution in [0.3, 0.4) is 0 Å². The van der Waals surface area contributed by atoms with Gasteiger partial charge in [-0.25, -0.2) is 0 Å². The lowest BCUT2D eigenvalue weighted by Crippen LogP contribution is -1.93. The highest BCUT2D eigenvalue weighted by molar-refractivity contribution is 5.65. The Bertz CT molecular complexity index is 570. The van der Waals surface area contributed by atoms with Gasteiger partial charge in [-0.15, -0.1) is 0 Å². The van der Waals surface area contributed by atoms with Crippen molar-refractivity contribution >= 4 is 0 Å². The van der Waals surface area contributed by atoms with E-state index in [0.717, 1.165) is 22.6 Å². The van der Waals surface area contributed by atoms with Crippen molar-refractivity contribution in [3.8, 4) is 22.6 Å². The van der Waals surface area contributed by atoms with Crippen molar-refractivity contribution in [2.75, 3.05) is 13.2 Å². The maximum atomic E-state index is 5.54. The van der Waals surface area contributed by atoms with E-state index in [1.54, 1.807) is 12.2 Å². The molecule has 0 aliphatic rings. The Hall–Kier alpha value is -2.48. The SMILES string of the molecule is C=CCOc1ccc(-c2cccc(OCC=C)c2)cc1. The molecule has 2 heteroatoms. The summed E-state index contributed by atoms with van der Waals surface area (Å²) in [5, 5.41) is 0. The van der Waals surface area contributed by atoms with Crippen molar-refractivity contribution < 1.29 is 9.47 Å². The predicted octanol–water partition coefficient (Wildman–Crippen LogP) is 4.48. The lowest BCUT2D eigenvalue weighted by Gasteiger charge is -2.08. The largest absolute Gasteiger partial charge is 0.490 e. The first-order valence-corrected chi connectivity index (χ1v) is 6.51. The van der Waals surface area contributed by atoms with Gasteiger partial charge in [-0.1, -0.05) is 49.6 Å². The zero-order chi connectivity index (χ0) is 14.2. The second-order valence-electron chi connectivity index (χ2n) is 4.25. The summed E-state index contributed by atoms with van der Waals surface area (Å²) < 4.78 is 11.0. The normalized spacial score (nSPS) is 9.80. The Morgan fingerprint density at radius 2 is 1.40 bits per heavy atom. The maximum absolute atomic E-state index is 5.54. The zero-order valence-electron chi connectivity index (χ0n) is 11.4. The fourth-order valence-electron chi connectivity index (χ4n) is 1.82. The molecule has 20 heavy (non-hydrogen) atoms. The van der Waals surface area contributed by atoms with Gasteiger partial charge in [0.1, 0.15) is 24.7 Å². The van der Waals surface area contributed by atoms with Crippen LogP contribution in [0.4, 0.5) is 0 Å². The fraction of sp³-hybridized carbons (Fsp3) is 0.111. The number of rotatable bonds is 7. The second kappa shape index (κ2) is 7.19. The Morgan fingerprint density at radius 3 is 2.05 bits per heavy atom. The first kappa shape index (κ1) is 13.9. The highest BCUT2D eigenvalue weighted by atomic mass is 16.5. The third kappa shape index (κ3) is 3.75. The molecule has 0 heterocycles. The van der Waals surface area contributed by atoms with E-state index in [0.29, 0.717) is 13.2 Å². The summed E-state index contributed by atoms with van der Waals surface area (Å²) >= 11 is 0. The molecule has 0 spiro atoms. The zero-order valence-corrected chi connectivity index (χ0v) is 11.4. The van der Waals surface area contributed by atoms with E-state index in [9.17, 15) is 0 Å². The third-order valence-corrected chi connectivity index (χ3v) is 2.76. The van der Waals surface area contributed by atoms with Gasteiger partial charge in [0.2, 0.25) is 0 Å². The van der Waals surface area contributed by atoms with Gasteiger partial charge < -0.3 is 9.47 Å². The molecule has 0 saturated carbocycles. The predicted molar refractivity (Wildman–Crippen MR) is 83.3 cm³/mol. The van der Waals surface area contributed by atoms with E-state index in [2.05, 4.69) is 19.2 Å². The van der Waals surface area contributed by atoms with Crippen LogP contribution < -0.4 is 9.47 Å². The summed E-state index contributed by atoms with van der Waals surface area (Å²) in [6.45, 7) is 8.30. The van der Waals surface area contributed by atoms with Gasteiger partial charge in [-0.2, -0.15) is 0 Å². The van der Waals surface area contributed by atoms with Gasteiger partial charge in [0, 0.05) is 0 Å². The van der Waals surface area contributed by atoms with E-state index < -0.39 is 0 Å². The molecule has 2 aromatic carbocycles. The first-order valence-electron chi connectivity index (χ1n) is 6.51. The molecule has 0 aliphatic carbocycles. The Morgan fingerprint density at radius 1 is 0.750 bits per heavy atom. The van der Waals surface area contributed by atoms with E-state index in [1.165, 1.54) is 0 Å². The molecule has 0 fully saturated rings. The monoisotopic (exact) mass is 266 g/mol. The highest BCUT2D eigenvalue weighted by Gasteiger charge is 2.00. The van der Waals surface area contributed by atoms with Crippen molar-refractivity contribution in [3.05, 3.63) is 73.8 Å². The van der Waals surface area contributed by atoms with Crippen molar-refractivity contribution in [1.29, 1.82) is 0 Å². The Labute approximate surface area is 120 Å². The van der Waals surface area contributed by atoms with Crippen LogP contribution in [0, 0.1) is 0 Å². The van der Waals surface area contributed by atoms with Gasteiger partial charge >= 0.3 is 0 Å². The van der Waals surface area contributed by atoms with Gasteiger partial charge in [-0.05, 0) is 35.4 Å². The number of benzene rings is 2. The minimum absolute atomic E-state index is 0.512. The molecule has 2 aromatic rings. The molecule has 0 saturated heterocycles. The summed E-state index contributed by atoms with van der Waals surface area (Å²) in [5.41, 5.74) is 2.24. The van der Waals surface area contributed by atoms with Gasteiger partial charge in [0.05, 0.1) is 0 Å². The third-order valence-electron chi connectivity index (χ3n) is 2.76. The standard InChI is InChI=1S/C18H18O2/c1-3-12-19-17-10-8-15(9-11-17)16-6-5-7-18(14-16)20-13-4-2/h3-11,14H,1-2,12-13H2. The molecule has 0 bridgehead atoms. The van der Waals surface area contributed by atoms with E-state index in [1.807, 2.05) is 42.5 Å². The lowest BCUT2D eigenvalue weighted by molar-refractivity contribution is 0.363. The maximum Gasteiger partial charge on any atom is 0.120 e. The fourth-order valence-corrected chi connectivity index (χ4v) is 1.82. The van der Waals surface area contributed by atoms with E-state index in [4.69, 9.17) is 9.47 Å². The summed E-state index contributed by atoms with van der Waals surface area (Å²) in [6.07, 6.45) is 3.47.